The highest BCUT2D eigenvalue weighted by Gasteiger charge is 2.30. The lowest BCUT2D eigenvalue weighted by Crippen LogP contribution is -2.57. The molecule has 0 spiro atoms. The number of hydrogen-bond acceptors (Lipinski definition) is 6. The second-order valence-corrected chi connectivity index (χ2v) is 8.59. The minimum absolute atomic E-state index is 0.0231. The van der Waals surface area contributed by atoms with Gasteiger partial charge in [-0.2, -0.15) is 12.6 Å². The van der Waals surface area contributed by atoms with Crippen molar-refractivity contribution in [2.45, 2.75) is 31.0 Å². The first-order chi connectivity index (χ1) is 17.3. The maximum absolute atomic E-state index is 13.3. The second kappa shape index (κ2) is 12.8. The molecule has 0 saturated carbocycles. The molecule has 3 aromatic rings. The standard InChI is InChI=1S/C25H29N5O5S/c26-12-22(31)28-21(14-36)24(33)29-19(11-16-13-27-18-9-5-4-8-17(16)18)23(32)30-20(25(34)35)10-15-6-2-1-3-7-15/h1-9,13,19-21,27,36H,10-12,14,26H2,(H,28,31)(H,29,33)(H,30,32)(H,34,35). The Hall–Kier alpha value is -3.83. The van der Waals surface area contributed by atoms with Crippen LogP contribution in [0.5, 0.6) is 0 Å². The predicted octanol–water partition coefficient (Wildman–Crippen LogP) is 0.381. The molecule has 7 N–H and O–H groups in total. The fourth-order valence-electron chi connectivity index (χ4n) is 3.77. The number of carboxylic acid groups (broad SMARTS) is 1. The Morgan fingerprint density at radius 3 is 2.17 bits per heavy atom. The van der Waals surface area contributed by atoms with Gasteiger partial charge in [-0.15, -0.1) is 0 Å². The summed E-state index contributed by atoms with van der Waals surface area (Å²) in [6, 6.07) is 13.0. The highest BCUT2D eigenvalue weighted by molar-refractivity contribution is 7.80. The highest BCUT2D eigenvalue weighted by Crippen LogP contribution is 2.19. The molecule has 0 aliphatic carbocycles. The van der Waals surface area contributed by atoms with Crippen molar-refractivity contribution in [1.29, 1.82) is 0 Å². The molecule has 3 atom stereocenters. The molecule has 190 valence electrons. The van der Waals surface area contributed by atoms with E-state index < -0.39 is 41.8 Å². The monoisotopic (exact) mass is 511 g/mol. The lowest BCUT2D eigenvalue weighted by Gasteiger charge is -2.24. The molecule has 1 heterocycles. The number of fused-ring (bicyclic) bond motifs is 1. The fraction of sp³-hybridized carbons (Fsp3) is 0.280. The molecule has 0 saturated heterocycles. The number of hydrogen-bond donors (Lipinski definition) is 7. The van der Waals surface area contributed by atoms with Gasteiger partial charge in [-0.3, -0.25) is 14.4 Å². The molecule has 0 aliphatic heterocycles. The number of aromatic amines is 1. The molecule has 3 rings (SSSR count). The summed E-state index contributed by atoms with van der Waals surface area (Å²) in [5.41, 5.74) is 7.67. The molecule has 10 nitrogen and oxygen atoms in total. The number of nitrogens with one attached hydrogen (secondary N) is 4. The molecule has 11 heteroatoms. The molecule has 3 amide bonds. The van der Waals surface area contributed by atoms with E-state index in [2.05, 4.69) is 33.6 Å². The molecule has 2 aromatic carbocycles. The van der Waals surface area contributed by atoms with Gasteiger partial charge in [0.25, 0.3) is 0 Å². The highest BCUT2D eigenvalue weighted by atomic mass is 32.1. The summed E-state index contributed by atoms with van der Waals surface area (Å²) >= 11 is 4.12. The van der Waals surface area contributed by atoms with Gasteiger partial charge < -0.3 is 31.8 Å². The van der Waals surface area contributed by atoms with Gasteiger partial charge in [-0.1, -0.05) is 48.5 Å². The molecule has 0 aliphatic rings. The van der Waals surface area contributed by atoms with E-state index in [-0.39, 0.29) is 25.1 Å². The summed E-state index contributed by atoms with van der Waals surface area (Å²) in [7, 11) is 0. The van der Waals surface area contributed by atoms with Crippen molar-refractivity contribution in [2.75, 3.05) is 12.3 Å². The van der Waals surface area contributed by atoms with Crippen LogP contribution in [0.25, 0.3) is 10.9 Å². The van der Waals surface area contributed by atoms with Crippen LogP contribution in [-0.2, 0) is 32.0 Å². The van der Waals surface area contributed by atoms with E-state index in [0.29, 0.717) is 0 Å². The normalized spacial score (nSPS) is 13.4. The zero-order valence-electron chi connectivity index (χ0n) is 19.4. The van der Waals surface area contributed by atoms with Crippen molar-refractivity contribution in [1.82, 2.24) is 20.9 Å². The van der Waals surface area contributed by atoms with Gasteiger partial charge in [0.15, 0.2) is 0 Å². The molecule has 0 bridgehead atoms. The summed E-state index contributed by atoms with van der Waals surface area (Å²) in [5.74, 6) is -3.07. The average Bonchev–Trinajstić information content (AvgIpc) is 3.29. The number of rotatable bonds is 12. The molecule has 36 heavy (non-hydrogen) atoms. The summed E-state index contributed by atoms with van der Waals surface area (Å²) in [5, 5.41) is 18.2. The van der Waals surface area contributed by atoms with Gasteiger partial charge in [0.05, 0.1) is 6.54 Å². The van der Waals surface area contributed by atoms with Crippen LogP contribution in [0.4, 0.5) is 0 Å². The summed E-state index contributed by atoms with van der Waals surface area (Å²) in [4.78, 5) is 53.0. The molecular formula is C25H29N5O5S. The van der Waals surface area contributed by atoms with Crippen molar-refractivity contribution in [3.63, 3.8) is 0 Å². The maximum Gasteiger partial charge on any atom is 0.326 e. The SMILES string of the molecule is NCC(=O)NC(CS)C(=O)NC(Cc1c[nH]c2ccccc12)C(=O)NC(Cc1ccccc1)C(=O)O. The second-order valence-electron chi connectivity index (χ2n) is 8.22. The third-order valence-corrected chi connectivity index (χ3v) is 6.01. The van der Waals surface area contributed by atoms with Crippen LogP contribution in [-0.4, -0.2) is 64.2 Å². The lowest BCUT2D eigenvalue weighted by atomic mass is 10.0. The van der Waals surface area contributed by atoms with Crippen molar-refractivity contribution in [3.05, 3.63) is 71.9 Å². The van der Waals surface area contributed by atoms with E-state index in [9.17, 15) is 24.3 Å². The van der Waals surface area contributed by atoms with Crippen LogP contribution in [0.15, 0.2) is 60.8 Å². The Kier molecular flexibility index (Phi) is 9.48. The fourth-order valence-corrected chi connectivity index (χ4v) is 4.03. The Bertz CT molecular complexity index is 1220. The maximum atomic E-state index is 13.3. The summed E-state index contributed by atoms with van der Waals surface area (Å²) < 4.78 is 0. The topological polar surface area (TPSA) is 166 Å². The largest absolute Gasteiger partial charge is 0.480 e. The van der Waals surface area contributed by atoms with Gasteiger partial charge >= 0.3 is 5.97 Å². The quantitative estimate of drug-likeness (QED) is 0.174. The number of benzene rings is 2. The average molecular weight is 512 g/mol. The van der Waals surface area contributed by atoms with Crippen molar-refractivity contribution < 1.29 is 24.3 Å². The summed E-state index contributed by atoms with van der Waals surface area (Å²) in [6.45, 7) is -0.309. The van der Waals surface area contributed by atoms with Crippen molar-refractivity contribution in [2.24, 2.45) is 5.73 Å². The Labute approximate surface area is 213 Å². The predicted molar refractivity (Wildman–Crippen MR) is 138 cm³/mol. The number of para-hydroxylation sites is 1. The van der Waals surface area contributed by atoms with Gasteiger partial charge in [0.1, 0.15) is 18.1 Å². The first-order valence-electron chi connectivity index (χ1n) is 11.3. The van der Waals surface area contributed by atoms with Crippen LogP contribution < -0.4 is 21.7 Å². The number of aliphatic carboxylic acids is 1. The van der Waals surface area contributed by atoms with Crippen molar-refractivity contribution in [3.8, 4) is 0 Å². The number of H-pyrrole nitrogens is 1. The van der Waals surface area contributed by atoms with Crippen LogP contribution in [0.1, 0.15) is 11.1 Å². The van der Waals surface area contributed by atoms with E-state index in [0.717, 1.165) is 22.0 Å². The van der Waals surface area contributed by atoms with Gasteiger partial charge in [-0.25, -0.2) is 4.79 Å². The number of aromatic nitrogens is 1. The molecule has 3 unspecified atom stereocenters. The zero-order chi connectivity index (χ0) is 26.1. The number of amides is 3. The number of thiol groups is 1. The van der Waals surface area contributed by atoms with E-state index >= 15 is 0 Å². The first-order valence-corrected chi connectivity index (χ1v) is 12.0. The molecule has 1 aromatic heterocycles. The van der Waals surface area contributed by atoms with Crippen LogP contribution >= 0.6 is 12.6 Å². The van der Waals surface area contributed by atoms with Gasteiger partial charge in [0, 0.05) is 35.7 Å². The Balaban J connectivity index is 1.83. The van der Waals surface area contributed by atoms with E-state index in [1.807, 2.05) is 30.3 Å². The number of carboxylic acids is 1. The lowest BCUT2D eigenvalue weighted by molar-refractivity contribution is -0.142. The van der Waals surface area contributed by atoms with E-state index in [4.69, 9.17) is 5.73 Å². The third kappa shape index (κ3) is 7.09. The van der Waals surface area contributed by atoms with Crippen LogP contribution in [0.2, 0.25) is 0 Å². The third-order valence-electron chi connectivity index (χ3n) is 5.65. The molecule has 0 fully saturated rings. The number of nitrogens with two attached hydrogens (primary N) is 1. The summed E-state index contributed by atoms with van der Waals surface area (Å²) in [6.07, 6.45) is 1.90. The van der Waals surface area contributed by atoms with Gasteiger partial charge in [0.2, 0.25) is 17.7 Å². The van der Waals surface area contributed by atoms with Crippen LogP contribution in [0.3, 0.4) is 0 Å². The molecular weight excluding hydrogens is 482 g/mol. The first kappa shape index (κ1) is 26.8. The van der Waals surface area contributed by atoms with E-state index in [1.165, 1.54) is 0 Å². The smallest absolute Gasteiger partial charge is 0.326 e. The number of carbonyl (C=O) groups is 4. The number of carbonyl (C=O) groups excluding carboxylic acids is 3. The Morgan fingerprint density at radius 1 is 0.861 bits per heavy atom. The minimum Gasteiger partial charge on any atom is -0.480 e. The van der Waals surface area contributed by atoms with E-state index in [1.54, 1.807) is 30.5 Å². The molecule has 0 radical (unpaired) electrons. The Morgan fingerprint density at radius 2 is 1.50 bits per heavy atom. The van der Waals surface area contributed by atoms with Crippen molar-refractivity contribution >= 4 is 47.2 Å². The van der Waals surface area contributed by atoms with Gasteiger partial charge in [-0.05, 0) is 17.2 Å². The zero-order valence-corrected chi connectivity index (χ0v) is 20.3. The van der Waals surface area contributed by atoms with Crippen LogP contribution in [0, 0.1) is 0 Å². The minimum atomic E-state index is -1.21.